The third-order valence-corrected chi connectivity index (χ3v) is 7.49. The van der Waals surface area contributed by atoms with Gasteiger partial charge in [-0.25, -0.2) is 0 Å². The molecule has 140 valence electrons. The van der Waals surface area contributed by atoms with Crippen LogP contribution in [-0.4, -0.2) is 28.7 Å². The number of amides is 3. The van der Waals surface area contributed by atoms with Crippen LogP contribution >= 0.6 is 23.2 Å². The predicted octanol–water partition coefficient (Wildman–Crippen LogP) is 3.37. The number of benzene rings is 1. The highest BCUT2D eigenvalue weighted by Crippen LogP contribution is 2.65. The second-order valence-electron chi connectivity index (χ2n) is 7.97. The van der Waals surface area contributed by atoms with Crippen LogP contribution in [0.15, 0.2) is 30.4 Å². The Bertz CT molecular complexity index is 878. The summed E-state index contributed by atoms with van der Waals surface area (Å²) in [5, 5.41) is 3.24. The molecule has 0 spiro atoms. The normalized spacial score (nSPS) is 36.5. The van der Waals surface area contributed by atoms with Crippen LogP contribution in [0.2, 0.25) is 10.0 Å². The Kier molecular flexibility index (Phi) is 3.72. The molecule has 1 heterocycles. The van der Waals surface area contributed by atoms with E-state index >= 15 is 0 Å². The van der Waals surface area contributed by atoms with Crippen molar-refractivity contribution >= 4 is 46.6 Å². The van der Waals surface area contributed by atoms with E-state index in [1.807, 2.05) is 0 Å². The molecule has 4 aliphatic carbocycles. The van der Waals surface area contributed by atoms with Crippen LogP contribution in [0.3, 0.4) is 0 Å². The highest BCUT2D eigenvalue weighted by Gasteiger charge is 2.67. The summed E-state index contributed by atoms with van der Waals surface area (Å²) in [5.74, 6) is -0.135. The Morgan fingerprint density at radius 1 is 1.11 bits per heavy atom. The summed E-state index contributed by atoms with van der Waals surface area (Å²) >= 11 is 12.1. The van der Waals surface area contributed by atoms with Gasteiger partial charge in [-0.05, 0) is 49.1 Å². The van der Waals surface area contributed by atoms with Gasteiger partial charge in [0.15, 0.2) is 0 Å². The maximum atomic E-state index is 13.1. The quantitative estimate of drug-likeness (QED) is 0.620. The first-order valence-corrected chi connectivity index (χ1v) is 9.96. The molecule has 7 atom stereocenters. The molecule has 2 bridgehead atoms. The van der Waals surface area contributed by atoms with E-state index in [9.17, 15) is 14.4 Å². The number of likely N-dealkylation sites (tertiary alicyclic amines) is 1. The number of hydrogen-bond acceptors (Lipinski definition) is 3. The molecule has 1 aliphatic heterocycles. The summed E-state index contributed by atoms with van der Waals surface area (Å²) in [7, 11) is 0. The number of anilines is 1. The van der Waals surface area contributed by atoms with E-state index in [4.69, 9.17) is 23.2 Å². The van der Waals surface area contributed by atoms with Crippen LogP contribution < -0.4 is 5.32 Å². The zero-order chi connectivity index (χ0) is 19.0. The Morgan fingerprint density at radius 3 is 2.30 bits per heavy atom. The van der Waals surface area contributed by atoms with Crippen molar-refractivity contribution in [2.75, 3.05) is 5.32 Å². The van der Waals surface area contributed by atoms with E-state index in [0.29, 0.717) is 22.5 Å². The molecule has 1 saturated heterocycles. The van der Waals surface area contributed by atoms with Gasteiger partial charge in [0.2, 0.25) is 17.7 Å². The van der Waals surface area contributed by atoms with Crippen LogP contribution in [0.25, 0.3) is 0 Å². The van der Waals surface area contributed by atoms with Crippen molar-refractivity contribution in [2.45, 2.75) is 19.4 Å². The topological polar surface area (TPSA) is 66.5 Å². The van der Waals surface area contributed by atoms with Crippen molar-refractivity contribution < 1.29 is 14.4 Å². The van der Waals surface area contributed by atoms with E-state index in [2.05, 4.69) is 17.5 Å². The molecule has 1 aromatic rings. The minimum atomic E-state index is -0.902. The Morgan fingerprint density at radius 2 is 1.70 bits per heavy atom. The molecule has 1 N–H and O–H groups in total. The molecular formula is C20H18Cl2N2O3. The summed E-state index contributed by atoms with van der Waals surface area (Å²) in [6.07, 6.45) is 5.34. The monoisotopic (exact) mass is 404 g/mol. The van der Waals surface area contributed by atoms with Crippen molar-refractivity contribution in [1.29, 1.82) is 0 Å². The zero-order valence-corrected chi connectivity index (χ0v) is 16.1. The molecule has 7 heteroatoms. The number of allylic oxidation sites excluding steroid dienone is 2. The minimum absolute atomic E-state index is 0.143. The van der Waals surface area contributed by atoms with Gasteiger partial charge in [0, 0.05) is 0 Å². The third kappa shape index (κ3) is 2.34. The van der Waals surface area contributed by atoms with Crippen molar-refractivity contribution in [1.82, 2.24) is 4.90 Å². The second kappa shape index (κ2) is 5.82. The van der Waals surface area contributed by atoms with Crippen LogP contribution in [0.1, 0.15) is 13.3 Å². The lowest BCUT2D eigenvalue weighted by atomic mass is 9.63. The fraction of sp³-hybridized carbons (Fsp3) is 0.450. The molecule has 1 aromatic carbocycles. The Hall–Kier alpha value is -1.85. The number of rotatable bonds is 3. The fourth-order valence-corrected chi connectivity index (χ4v) is 5.66. The average Bonchev–Trinajstić information content (AvgIpc) is 3.42. The largest absolute Gasteiger partial charge is 0.323 e. The van der Waals surface area contributed by atoms with Crippen LogP contribution in [0, 0.1) is 35.5 Å². The molecule has 0 unspecified atom stereocenters. The Balaban J connectivity index is 1.39. The highest BCUT2D eigenvalue weighted by molar-refractivity contribution is 6.44. The summed E-state index contributed by atoms with van der Waals surface area (Å²) in [4.78, 5) is 40.0. The van der Waals surface area contributed by atoms with Crippen molar-refractivity contribution in [3.05, 3.63) is 40.4 Å². The summed E-state index contributed by atoms with van der Waals surface area (Å²) in [5.41, 5.74) is 0.362. The molecule has 2 saturated carbocycles. The smallest absolute Gasteiger partial charge is 0.247 e. The lowest BCUT2D eigenvalue weighted by molar-refractivity contribution is -0.146. The van der Waals surface area contributed by atoms with Gasteiger partial charge in [-0.1, -0.05) is 41.4 Å². The maximum absolute atomic E-state index is 13.1. The van der Waals surface area contributed by atoms with Gasteiger partial charge in [-0.2, -0.15) is 0 Å². The number of hydrogen-bond donors (Lipinski definition) is 1. The number of imide groups is 1. The molecule has 3 fully saturated rings. The second-order valence-corrected chi connectivity index (χ2v) is 8.75. The van der Waals surface area contributed by atoms with Crippen LogP contribution in [0.5, 0.6) is 0 Å². The van der Waals surface area contributed by atoms with Gasteiger partial charge in [-0.15, -0.1) is 0 Å². The highest BCUT2D eigenvalue weighted by atomic mass is 35.5. The number of carbonyl (C=O) groups is 3. The van der Waals surface area contributed by atoms with Crippen molar-refractivity contribution in [3.63, 3.8) is 0 Å². The van der Waals surface area contributed by atoms with E-state index in [1.165, 1.54) is 4.90 Å². The summed E-state index contributed by atoms with van der Waals surface area (Å²) in [6.45, 7) is 1.58. The molecule has 6 rings (SSSR count). The molecule has 0 radical (unpaired) electrons. The van der Waals surface area contributed by atoms with Gasteiger partial charge in [0.1, 0.15) is 6.04 Å². The van der Waals surface area contributed by atoms with Crippen molar-refractivity contribution in [2.24, 2.45) is 35.5 Å². The number of nitrogens with one attached hydrogen (secondary N) is 1. The fourth-order valence-electron chi connectivity index (χ4n) is 5.32. The predicted molar refractivity (Wildman–Crippen MR) is 101 cm³/mol. The number of halogens is 2. The first kappa shape index (κ1) is 17.3. The van der Waals surface area contributed by atoms with Gasteiger partial charge >= 0.3 is 0 Å². The molecule has 5 nitrogen and oxygen atoms in total. The molecular weight excluding hydrogens is 387 g/mol. The van der Waals surface area contributed by atoms with Crippen LogP contribution in [-0.2, 0) is 14.4 Å². The Labute approximate surface area is 166 Å². The van der Waals surface area contributed by atoms with Gasteiger partial charge in [0.25, 0.3) is 0 Å². The SMILES string of the molecule is C[C@H](C(=O)Nc1cccc(Cl)c1Cl)N1C(=O)[C@H]2[C@@H]3C=C[C@H]([C@H]4C[C@H]34)[C@@H]2C1=O. The molecule has 5 aliphatic rings. The lowest BCUT2D eigenvalue weighted by Crippen LogP contribution is -2.46. The number of nitrogens with zero attached hydrogens (tertiary/aromatic N) is 1. The van der Waals surface area contributed by atoms with Gasteiger partial charge < -0.3 is 5.32 Å². The number of carbonyl (C=O) groups excluding carboxylic acids is 3. The van der Waals surface area contributed by atoms with Crippen molar-refractivity contribution in [3.8, 4) is 0 Å². The van der Waals surface area contributed by atoms with E-state index in [-0.39, 0.29) is 40.5 Å². The molecule has 27 heavy (non-hydrogen) atoms. The van der Waals surface area contributed by atoms with Gasteiger partial charge in [0.05, 0.1) is 27.6 Å². The average molecular weight is 405 g/mol. The standard InChI is InChI=1S/C20H18Cl2N2O3/c1-8(18(25)23-14-4-2-3-13(21)17(14)22)24-19(26)15-9-5-6-10(12-7-11(9)12)16(15)20(24)27/h2-6,8-12,15-16H,7H2,1H3,(H,23,25)/t8-,9-,10-,11-,12-,15+,16+/m1/s1. The first-order valence-electron chi connectivity index (χ1n) is 9.20. The summed E-state index contributed by atoms with van der Waals surface area (Å²) in [6, 6.07) is 4.02. The van der Waals surface area contributed by atoms with E-state index in [0.717, 1.165) is 6.42 Å². The van der Waals surface area contributed by atoms with E-state index in [1.54, 1.807) is 25.1 Å². The molecule has 0 aromatic heterocycles. The van der Waals surface area contributed by atoms with E-state index < -0.39 is 11.9 Å². The maximum Gasteiger partial charge on any atom is 0.247 e. The zero-order valence-electron chi connectivity index (χ0n) is 14.6. The lowest BCUT2D eigenvalue weighted by Gasteiger charge is -2.37. The summed E-state index contributed by atoms with van der Waals surface area (Å²) < 4.78 is 0. The van der Waals surface area contributed by atoms with Gasteiger partial charge in [-0.3, -0.25) is 19.3 Å². The molecule has 3 amide bonds. The third-order valence-electron chi connectivity index (χ3n) is 6.67. The first-order chi connectivity index (χ1) is 12.9. The van der Waals surface area contributed by atoms with Crippen LogP contribution in [0.4, 0.5) is 5.69 Å². The minimum Gasteiger partial charge on any atom is -0.323 e.